The van der Waals surface area contributed by atoms with E-state index in [1.807, 2.05) is 56.3 Å². The van der Waals surface area contributed by atoms with Gasteiger partial charge >= 0.3 is 6.03 Å². The summed E-state index contributed by atoms with van der Waals surface area (Å²) in [4.78, 5) is 19.4. The van der Waals surface area contributed by atoms with E-state index in [0.29, 0.717) is 27.7 Å². The molecule has 0 spiro atoms. The van der Waals surface area contributed by atoms with E-state index in [4.69, 9.17) is 16.1 Å². The van der Waals surface area contributed by atoms with Crippen LogP contribution in [0.5, 0.6) is 0 Å². The van der Waals surface area contributed by atoms with Gasteiger partial charge in [-0.1, -0.05) is 64.8 Å². The minimum atomic E-state index is -0.667. The maximum atomic E-state index is 14.1. The monoisotopic (exact) mass is 488 g/mol. The third-order valence-electron chi connectivity index (χ3n) is 5.94. The number of carbonyl (C=O) groups is 1. The third kappa shape index (κ3) is 4.68. The number of benzene rings is 3. The molecule has 8 heteroatoms. The highest BCUT2D eigenvalue weighted by atomic mass is 35.5. The van der Waals surface area contributed by atoms with E-state index in [-0.39, 0.29) is 18.5 Å². The van der Waals surface area contributed by atoms with Gasteiger partial charge in [-0.15, -0.1) is 0 Å². The first-order chi connectivity index (χ1) is 16.9. The van der Waals surface area contributed by atoms with Gasteiger partial charge in [0.15, 0.2) is 0 Å². The lowest BCUT2D eigenvalue weighted by Crippen LogP contribution is -2.45. The molecule has 4 aromatic rings. The first-order valence-electron chi connectivity index (χ1n) is 11.1. The summed E-state index contributed by atoms with van der Waals surface area (Å²) in [6.07, 6.45) is 0. The minimum absolute atomic E-state index is 0.254. The molecule has 1 aromatic heterocycles. The van der Waals surface area contributed by atoms with Gasteiger partial charge in [0, 0.05) is 16.3 Å². The summed E-state index contributed by atoms with van der Waals surface area (Å²) in [6, 6.07) is 20.2. The molecule has 2 amide bonds. The van der Waals surface area contributed by atoms with Crippen molar-refractivity contribution in [1.29, 1.82) is 0 Å². The summed E-state index contributed by atoms with van der Waals surface area (Å²) in [5, 5.41) is 7.75. The van der Waals surface area contributed by atoms with Crippen LogP contribution in [-0.2, 0) is 6.54 Å². The molecular formula is C27H22ClFN4O2. The molecule has 1 aliphatic heterocycles. The Morgan fingerprint density at radius 3 is 2.63 bits per heavy atom. The van der Waals surface area contributed by atoms with Crippen LogP contribution in [0.3, 0.4) is 0 Å². The van der Waals surface area contributed by atoms with E-state index in [1.54, 1.807) is 23.1 Å². The Kier molecular flexibility index (Phi) is 6.09. The third-order valence-corrected chi connectivity index (χ3v) is 6.18. The Morgan fingerprint density at radius 2 is 1.86 bits per heavy atom. The van der Waals surface area contributed by atoms with Gasteiger partial charge in [-0.25, -0.2) is 9.18 Å². The summed E-state index contributed by atoms with van der Waals surface area (Å²) in [6.45, 7) is 4.10. The van der Waals surface area contributed by atoms with Crippen molar-refractivity contribution >= 4 is 23.2 Å². The van der Waals surface area contributed by atoms with Gasteiger partial charge < -0.3 is 9.84 Å². The summed E-state index contributed by atoms with van der Waals surface area (Å²) in [7, 11) is 0. The van der Waals surface area contributed by atoms with Gasteiger partial charge in [0.1, 0.15) is 5.82 Å². The zero-order valence-electron chi connectivity index (χ0n) is 19.1. The van der Waals surface area contributed by atoms with E-state index in [9.17, 15) is 9.18 Å². The number of aromatic nitrogens is 2. The maximum Gasteiger partial charge on any atom is 0.322 e. The molecule has 0 saturated carbocycles. The Morgan fingerprint density at radius 1 is 1.06 bits per heavy atom. The quantitative estimate of drug-likeness (QED) is 0.346. The van der Waals surface area contributed by atoms with Crippen LogP contribution in [0.2, 0.25) is 5.02 Å². The average molecular weight is 489 g/mol. The van der Waals surface area contributed by atoms with Crippen molar-refractivity contribution < 1.29 is 13.7 Å². The number of halogens is 2. The van der Waals surface area contributed by atoms with E-state index >= 15 is 0 Å². The van der Waals surface area contributed by atoms with Crippen LogP contribution in [0.15, 0.2) is 83.0 Å². The number of rotatable bonds is 5. The van der Waals surface area contributed by atoms with Gasteiger partial charge in [0.2, 0.25) is 5.82 Å². The van der Waals surface area contributed by atoms with Crippen molar-refractivity contribution in [2.24, 2.45) is 0 Å². The van der Waals surface area contributed by atoms with E-state index < -0.39 is 11.9 Å². The average Bonchev–Trinajstić information content (AvgIpc) is 3.31. The predicted molar refractivity (Wildman–Crippen MR) is 132 cm³/mol. The Labute approximate surface area is 207 Å². The molecule has 3 aromatic carbocycles. The number of carbonyl (C=O) groups excluding carboxylic acids is 1. The fourth-order valence-electron chi connectivity index (χ4n) is 4.24. The van der Waals surface area contributed by atoms with Crippen LogP contribution >= 0.6 is 11.6 Å². The topological polar surface area (TPSA) is 71.3 Å². The second kappa shape index (κ2) is 9.35. The Hall–Kier alpha value is -3.97. The largest absolute Gasteiger partial charge is 0.334 e. The van der Waals surface area contributed by atoms with Crippen LogP contribution in [0.25, 0.3) is 17.0 Å². The highest BCUT2D eigenvalue weighted by Gasteiger charge is 2.36. The summed E-state index contributed by atoms with van der Waals surface area (Å²) in [5.41, 5.74) is 4.55. The lowest BCUT2D eigenvalue weighted by atomic mass is 9.94. The molecule has 0 radical (unpaired) electrons. The highest BCUT2D eigenvalue weighted by molar-refractivity contribution is 6.30. The molecule has 176 valence electrons. The summed E-state index contributed by atoms with van der Waals surface area (Å²) in [5.74, 6) is 0.283. The first-order valence-corrected chi connectivity index (χ1v) is 11.5. The smallest absolute Gasteiger partial charge is 0.322 e. The molecule has 35 heavy (non-hydrogen) atoms. The number of hydrogen-bond acceptors (Lipinski definition) is 4. The lowest BCUT2D eigenvalue weighted by molar-refractivity contribution is 0.203. The zero-order chi connectivity index (χ0) is 24.5. The Bertz CT molecular complexity index is 1450. The van der Waals surface area contributed by atoms with Gasteiger partial charge in [0.25, 0.3) is 5.89 Å². The van der Waals surface area contributed by atoms with E-state index in [0.717, 1.165) is 16.7 Å². The van der Waals surface area contributed by atoms with Gasteiger partial charge in [-0.3, -0.25) is 4.90 Å². The molecule has 0 bridgehead atoms. The number of nitrogens with one attached hydrogen (secondary N) is 1. The SMILES string of the molecule is CC1=C(c2nc(-c3cccc(C)c3)no2)C(c2cccc(F)c2)NC(=O)N1Cc1cccc(Cl)c1. The van der Waals surface area contributed by atoms with Gasteiger partial charge in [-0.05, 0) is 55.3 Å². The number of hydrogen-bond donors (Lipinski definition) is 1. The summed E-state index contributed by atoms with van der Waals surface area (Å²) >= 11 is 6.15. The van der Waals surface area contributed by atoms with Gasteiger partial charge in [-0.2, -0.15) is 4.98 Å². The number of amides is 2. The van der Waals surface area contributed by atoms with Crippen molar-refractivity contribution in [2.45, 2.75) is 26.4 Å². The molecule has 0 saturated heterocycles. The Balaban J connectivity index is 1.61. The molecule has 0 aliphatic carbocycles. The molecule has 2 heterocycles. The van der Waals surface area contributed by atoms with E-state index in [2.05, 4.69) is 15.5 Å². The number of allylic oxidation sites excluding steroid dienone is 1. The molecule has 1 unspecified atom stereocenters. The fourth-order valence-corrected chi connectivity index (χ4v) is 4.45. The van der Waals surface area contributed by atoms with Crippen molar-refractivity contribution in [3.8, 4) is 11.4 Å². The maximum absolute atomic E-state index is 14.1. The highest BCUT2D eigenvalue weighted by Crippen LogP contribution is 2.38. The van der Waals surface area contributed by atoms with Crippen molar-refractivity contribution in [3.63, 3.8) is 0 Å². The van der Waals surface area contributed by atoms with Crippen LogP contribution in [-0.4, -0.2) is 21.1 Å². The molecule has 1 atom stereocenters. The van der Waals surface area contributed by atoms with Crippen molar-refractivity contribution in [2.75, 3.05) is 0 Å². The van der Waals surface area contributed by atoms with Gasteiger partial charge in [0.05, 0.1) is 18.2 Å². The number of nitrogens with zero attached hydrogens (tertiary/aromatic N) is 3. The number of urea groups is 1. The van der Waals surface area contributed by atoms with Crippen molar-refractivity contribution in [1.82, 2.24) is 20.4 Å². The lowest BCUT2D eigenvalue weighted by Gasteiger charge is -2.35. The predicted octanol–water partition coefficient (Wildman–Crippen LogP) is 6.54. The normalized spacial score (nSPS) is 15.9. The second-order valence-corrected chi connectivity index (χ2v) is 8.88. The first kappa shape index (κ1) is 22.8. The number of aryl methyl sites for hydroxylation is 1. The van der Waals surface area contributed by atoms with Crippen LogP contribution < -0.4 is 5.32 Å². The van der Waals surface area contributed by atoms with Crippen molar-refractivity contribution in [3.05, 3.63) is 112 Å². The molecule has 1 aliphatic rings. The second-order valence-electron chi connectivity index (χ2n) is 8.45. The minimum Gasteiger partial charge on any atom is -0.334 e. The zero-order valence-corrected chi connectivity index (χ0v) is 19.9. The molecule has 6 nitrogen and oxygen atoms in total. The molecular weight excluding hydrogens is 467 g/mol. The van der Waals surface area contributed by atoms with Crippen LogP contribution in [0.1, 0.15) is 35.5 Å². The molecule has 1 N–H and O–H groups in total. The fraction of sp³-hybridized carbons (Fsp3) is 0.148. The molecule has 0 fully saturated rings. The van der Waals surface area contributed by atoms with Crippen LogP contribution in [0, 0.1) is 12.7 Å². The summed E-state index contributed by atoms with van der Waals surface area (Å²) < 4.78 is 19.8. The van der Waals surface area contributed by atoms with E-state index in [1.165, 1.54) is 12.1 Å². The van der Waals surface area contributed by atoms with Crippen LogP contribution in [0.4, 0.5) is 9.18 Å². The standard InChI is InChI=1S/C27H22ClFN4O2/c1-16-6-3-9-20(12-16)25-31-26(35-32-25)23-17(2)33(15-18-7-4-10-21(28)13-18)27(34)30-24(23)19-8-5-11-22(29)14-19/h3-14,24H,15H2,1-2H3,(H,30,34). The molecule has 5 rings (SSSR count).